The zero-order valence-electron chi connectivity index (χ0n) is 12.3. The summed E-state index contributed by atoms with van der Waals surface area (Å²) in [6.07, 6.45) is 0.233. The van der Waals surface area contributed by atoms with Crippen LogP contribution in [0.4, 0.5) is 0 Å². The summed E-state index contributed by atoms with van der Waals surface area (Å²) in [6.45, 7) is 0. The van der Waals surface area contributed by atoms with E-state index in [2.05, 4.69) is 20.9 Å². The largest absolute Gasteiger partial charge is 0.484 e. The Morgan fingerprint density at radius 2 is 2.30 bits per heavy atom. The van der Waals surface area contributed by atoms with E-state index in [9.17, 15) is 4.79 Å². The average molecular weight is 392 g/mol. The molecule has 2 N–H and O–H groups in total. The van der Waals surface area contributed by atoms with Crippen molar-refractivity contribution in [3.63, 3.8) is 0 Å². The van der Waals surface area contributed by atoms with E-state index in [-0.39, 0.29) is 18.0 Å². The van der Waals surface area contributed by atoms with E-state index in [4.69, 9.17) is 10.5 Å². The molecule has 1 spiro atoms. The molecule has 4 rings (SSSR count). The summed E-state index contributed by atoms with van der Waals surface area (Å²) in [5, 5.41) is 2.00. The van der Waals surface area contributed by atoms with Gasteiger partial charge in [0.25, 0.3) is 5.91 Å². The Bertz CT molecular complexity index is 821. The fourth-order valence-electron chi connectivity index (χ4n) is 3.14. The Balaban J connectivity index is 1.91. The first-order valence-corrected chi connectivity index (χ1v) is 8.82. The van der Waals surface area contributed by atoms with Gasteiger partial charge in [0.1, 0.15) is 11.9 Å². The van der Waals surface area contributed by atoms with Gasteiger partial charge in [-0.25, -0.2) is 4.99 Å². The number of ether oxygens (including phenoxy) is 1. The quantitative estimate of drug-likeness (QED) is 0.811. The second kappa shape index (κ2) is 5.07. The maximum Gasteiger partial charge on any atom is 0.261 e. The molecule has 0 bridgehead atoms. The summed E-state index contributed by atoms with van der Waals surface area (Å²) in [6, 6.07) is 9.67. The summed E-state index contributed by atoms with van der Waals surface area (Å²) >= 11 is 5.08. The molecule has 1 unspecified atom stereocenters. The topological polar surface area (TPSA) is 67.9 Å². The predicted octanol–water partition coefficient (Wildman–Crippen LogP) is 3.02. The van der Waals surface area contributed by atoms with Crippen molar-refractivity contribution in [2.24, 2.45) is 10.7 Å². The van der Waals surface area contributed by atoms with E-state index in [1.807, 2.05) is 35.7 Å². The number of guanidine groups is 1. The highest BCUT2D eigenvalue weighted by atomic mass is 79.9. The highest BCUT2D eigenvalue weighted by Gasteiger charge is 2.53. The second-order valence-corrected chi connectivity index (χ2v) is 7.56. The molecule has 0 saturated carbocycles. The molecular formula is C16H14BrN3O2S. The van der Waals surface area contributed by atoms with Crippen molar-refractivity contribution < 1.29 is 9.53 Å². The number of halogens is 1. The van der Waals surface area contributed by atoms with Crippen LogP contribution in [0.2, 0.25) is 0 Å². The minimum absolute atomic E-state index is 0.112. The summed E-state index contributed by atoms with van der Waals surface area (Å²) in [7, 11) is 1.66. The van der Waals surface area contributed by atoms with E-state index in [0.717, 1.165) is 14.9 Å². The van der Waals surface area contributed by atoms with Gasteiger partial charge < -0.3 is 10.5 Å². The van der Waals surface area contributed by atoms with Gasteiger partial charge in [-0.05, 0) is 29.6 Å². The highest BCUT2D eigenvalue weighted by Crippen LogP contribution is 2.50. The van der Waals surface area contributed by atoms with Crippen molar-refractivity contribution in [1.29, 1.82) is 0 Å². The molecule has 0 saturated heterocycles. The number of hydrogen-bond donors (Lipinski definition) is 1. The summed E-state index contributed by atoms with van der Waals surface area (Å²) in [4.78, 5) is 20.0. The van der Waals surface area contributed by atoms with Crippen LogP contribution >= 0.6 is 27.3 Å². The summed E-state index contributed by atoms with van der Waals surface area (Å²) in [5.74, 6) is 0.810. The van der Waals surface area contributed by atoms with Gasteiger partial charge in [0.05, 0.1) is 0 Å². The van der Waals surface area contributed by atoms with E-state index >= 15 is 0 Å². The highest BCUT2D eigenvalue weighted by molar-refractivity contribution is 9.10. The molecule has 5 nitrogen and oxygen atoms in total. The van der Waals surface area contributed by atoms with Crippen molar-refractivity contribution in [2.45, 2.75) is 18.1 Å². The van der Waals surface area contributed by atoms with Crippen LogP contribution in [-0.4, -0.2) is 23.8 Å². The van der Waals surface area contributed by atoms with Crippen LogP contribution in [-0.2, 0) is 10.3 Å². The van der Waals surface area contributed by atoms with E-state index in [1.54, 1.807) is 18.4 Å². The lowest BCUT2D eigenvalue weighted by atomic mass is 9.81. The molecule has 23 heavy (non-hydrogen) atoms. The van der Waals surface area contributed by atoms with Crippen LogP contribution in [0.3, 0.4) is 0 Å². The van der Waals surface area contributed by atoms with Crippen molar-refractivity contribution in [1.82, 2.24) is 4.90 Å². The summed E-state index contributed by atoms with van der Waals surface area (Å²) < 4.78 is 7.03. The number of aliphatic imine (C=N–C) groups is 1. The molecule has 2 aromatic rings. The number of fused-ring (bicyclic) bond motifs is 2. The number of nitrogens with two attached hydrogens (primary N) is 1. The molecule has 1 amide bonds. The molecule has 2 aliphatic rings. The zero-order valence-corrected chi connectivity index (χ0v) is 14.7. The van der Waals surface area contributed by atoms with Gasteiger partial charge in [-0.1, -0.05) is 22.0 Å². The Labute approximate surface area is 145 Å². The Morgan fingerprint density at radius 1 is 1.48 bits per heavy atom. The maximum atomic E-state index is 12.9. The Hall–Kier alpha value is -1.86. The number of likely N-dealkylation sites (N-methyl/N-ethyl adjacent to an activating group) is 1. The molecule has 7 heteroatoms. The number of thiophene rings is 1. The van der Waals surface area contributed by atoms with Gasteiger partial charge in [-0.3, -0.25) is 9.69 Å². The number of carbonyl (C=O) groups is 1. The molecule has 1 aromatic heterocycles. The van der Waals surface area contributed by atoms with Crippen molar-refractivity contribution in [2.75, 3.05) is 7.05 Å². The fraction of sp³-hybridized carbons (Fsp3) is 0.250. The first kappa shape index (κ1) is 14.7. The van der Waals surface area contributed by atoms with Crippen molar-refractivity contribution in [3.05, 3.63) is 50.6 Å². The van der Waals surface area contributed by atoms with Crippen LogP contribution in [0, 0.1) is 0 Å². The van der Waals surface area contributed by atoms with Crippen molar-refractivity contribution >= 4 is 39.1 Å². The second-order valence-electron chi connectivity index (χ2n) is 5.66. The van der Waals surface area contributed by atoms with Crippen LogP contribution in [0.5, 0.6) is 5.75 Å². The van der Waals surface area contributed by atoms with Crippen LogP contribution in [0.15, 0.2) is 45.2 Å². The molecule has 1 aromatic carbocycles. The summed E-state index contributed by atoms with van der Waals surface area (Å²) in [5.41, 5.74) is 5.69. The average Bonchev–Trinajstić information content (AvgIpc) is 3.13. The molecule has 0 fully saturated rings. The van der Waals surface area contributed by atoms with E-state index < -0.39 is 5.54 Å². The molecule has 0 aliphatic carbocycles. The van der Waals surface area contributed by atoms with Gasteiger partial charge in [-0.15, -0.1) is 11.3 Å². The van der Waals surface area contributed by atoms with Crippen LogP contribution in [0.1, 0.15) is 23.0 Å². The fourth-order valence-corrected chi connectivity index (χ4v) is 4.26. The van der Waals surface area contributed by atoms with Crippen LogP contribution in [0.25, 0.3) is 0 Å². The molecule has 118 valence electrons. The monoisotopic (exact) mass is 391 g/mol. The molecule has 3 heterocycles. The number of rotatable bonds is 1. The lowest BCUT2D eigenvalue weighted by Gasteiger charge is -2.36. The first-order chi connectivity index (χ1) is 11.0. The molecule has 2 atom stereocenters. The maximum absolute atomic E-state index is 12.9. The zero-order chi connectivity index (χ0) is 16.2. The standard InChI is InChI=1S/C16H14BrN3O2S/c1-20-14(21)16(19-15(20)18)8-12(13-3-2-6-23-13)22-11-5-4-9(17)7-10(11)16/h2-7,12H,8H2,1H3,(H2,18,19)/t12?,16-/m1/s1. The predicted molar refractivity (Wildman–Crippen MR) is 92.5 cm³/mol. The third-order valence-corrected chi connectivity index (χ3v) is 5.76. The Morgan fingerprint density at radius 3 is 2.96 bits per heavy atom. The molecule has 0 radical (unpaired) electrons. The number of nitrogens with zero attached hydrogens (tertiary/aromatic N) is 2. The Kier molecular flexibility index (Phi) is 3.24. The molecular weight excluding hydrogens is 378 g/mol. The van der Waals surface area contributed by atoms with Gasteiger partial charge >= 0.3 is 0 Å². The smallest absolute Gasteiger partial charge is 0.261 e. The minimum Gasteiger partial charge on any atom is -0.484 e. The minimum atomic E-state index is -1.01. The van der Waals surface area contributed by atoms with Crippen molar-refractivity contribution in [3.8, 4) is 5.75 Å². The van der Waals surface area contributed by atoms with Gasteiger partial charge in [0, 0.05) is 28.4 Å². The van der Waals surface area contributed by atoms with Crippen LogP contribution < -0.4 is 10.5 Å². The van der Waals surface area contributed by atoms with Gasteiger partial charge in [0.2, 0.25) is 0 Å². The lowest BCUT2D eigenvalue weighted by molar-refractivity contribution is -0.132. The third-order valence-electron chi connectivity index (χ3n) is 4.31. The first-order valence-electron chi connectivity index (χ1n) is 7.15. The number of carbonyl (C=O) groups excluding carboxylic acids is 1. The van der Waals surface area contributed by atoms with E-state index in [1.165, 1.54) is 4.90 Å². The van der Waals surface area contributed by atoms with Gasteiger partial charge in [-0.2, -0.15) is 0 Å². The van der Waals surface area contributed by atoms with Gasteiger partial charge in [0.15, 0.2) is 11.5 Å². The SMILES string of the molecule is CN1C(=O)[C@]2(CC(c3cccs3)Oc3ccc(Br)cc32)N=C1N. The number of hydrogen-bond acceptors (Lipinski definition) is 5. The normalized spacial score (nSPS) is 26.2. The van der Waals surface area contributed by atoms with E-state index in [0.29, 0.717) is 12.2 Å². The molecule has 2 aliphatic heterocycles. The number of benzene rings is 1. The number of amides is 1. The lowest BCUT2D eigenvalue weighted by Crippen LogP contribution is -2.43. The third kappa shape index (κ3) is 2.10.